The lowest BCUT2D eigenvalue weighted by Crippen LogP contribution is -2.37. The Morgan fingerprint density at radius 1 is 1.41 bits per heavy atom. The van der Waals surface area contributed by atoms with Crippen molar-refractivity contribution in [3.63, 3.8) is 0 Å². The van der Waals surface area contributed by atoms with E-state index in [-0.39, 0.29) is 30.6 Å². The number of aryl methyl sites for hydroxylation is 1. The third-order valence-electron chi connectivity index (χ3n) is 5.64. The Labute approximate surface area is 154 Å². The topological polar surface area (TPSA) is 108 Å². The monoisotopic (exact) mass is 375 g/mol. The van der Waals surface area contributed by atoms with E-state index in [1.165, 1.54) is 6.07 Å². The number of aromatic nitrogens is 1. The lowest BCUT2D eigenvalue weighted by Gasteiger charge is -2.28. The van der Waals surface area contributed by atoms with Gasteiger partial charge < -0.3 is 20.8 Å². The second kappa shape index (κ2) is 6.31. The van der Waals surface area contributed by atoms with Gasteiger partial charge in [-0.3, -0.25) is 9.20 Å². The first-order valence-electron chi connectivity index (χ1n) is 9.09. The first-order chi connectivity index (χ1) is 12.8. The molecule has 0 radical (unpaired) electrons. The summed E-state index contributed by atoms with van der Waals surface area (Å²) in [7, 11) is 0. The zero-order chi connectivity index (χ0) is 19.5. The molecule has 1 saturated carbocycles. The maximum absolute atomic E-state index is 15.1. The van der Waals surface area contributed by atoms with Gasteiger partial charge >= 0.3 is 5.97 Å². The molecule has 0 amide bonds. The minimum Gasteiger partial charge on any atom is -0.477 e. The smallest absolute Gasteiger partial charge is 0.341 e. The van der Waals surface area contributed by atoms with E-state index in [1.807, 2.05) is 0 Å². The highest BCUT2D eigenvalue weighted by atomic mass is 19.1. The lowest BCUT2D eigenvalue weighted by atomic mass is 10.0. The van der Waals surface area contributed by atoms with E-state index in [2.05, 4.69) is 0 Å². The van der Waals surface area contributed by atoms with Gasteiger partial charge in [-0.1, -0.05) is 0 Å². The van der Waals surface area contributed by atoms with Crippen LogP contribution in [0.2, 0.25) is 0 Å². The van der Waals surface area contributed by atoms with Gasteiger partial charge in [0.1, 0.15) is 5.56 Å². The first kappa shape index (κ1) is 17.9. The molecule has 8 heteroatoms. The predicted octanol–water partition coefficient (Wildman–Crippen LogP) is 1.22. The number of aliphatic hydroxyl groups excluding tert-OH is 1. The van der Waals surface area contributed by atoms with Crippen LogP contribution in [-0.4, -0.2) is 45.8 Å². The molecule has 144 valence electrons. The van der Waals surface area contributed by atoms with Crippen molar-refractivity contribution in [2.45, 2.75) is 44.2 Å². The van der Waals surface area contributed by atoms with Crippen LogP contribution < -0.4 is 16.2 Å². The van der Waals surface area contributed by atoms with Crippen molar-refractivity contribution in [2.75, 3.05) is 18.0 Å². The number of halogens is 1. The highest BCUT2D eigenvalue weighted by molar-refractivity contribution is 5.89. The number of hydrogen-bond acceptors (Lipinski definition) is 5. The largest absolute Gasteiger partial charge is 0.477 e. The minimum atomic E-state index is -1.32. The summed E-state index contributed by atoms with van der Waals surface area (Å²) in [4.78, 5) is 25.8. The van der Waals surface area contributed by atoms with Gasteiger partial charge in [0.2, 0.25) is 0 Å². The van der Waals surface area contributed by atoms with E-state index >= 15 is 4.39 Å². The molecular formula is C19H22FN3O4. The number of rotatable bonds is 4. The summed E-state index contributed by atoms with van der Waals surface area (Å²) >= 11 is 0. The zero-order valence-corrected chi connectivity index (χ0v) is 15.0. The van der Waals surface area contributed by atoms with Gasteiger partial charge in [0, 0.05) is 19.1 Å². The molecule has 3 heterocycles. The number of anilines is 1. The Morgan fingerprint density at radius 2 is 2.11 bits per heavy atom. The van der Waals surface area contributed by atoms with Gasteiger partial charge in [-0.15, -0.1) is 0 Å². The SMILES string of the molecule is Cc1c(N2C[C@H](O)C[C@@H]2CN)c(F)cn2c(=O)c(C(=O)O)cc(C3CC3)c12. The average molecular weight is 375 g/mol. The van der Waals surface area contributed by atoms with Crippen molar-refractivity contribution in [1.29, 1.82) is 0 Å². The quantitative estimate of drug-likeness (QED) is 0.742. The number of fused-ring (bicyclic) bond motifs is 1. The Morgan fingerprint density at radius 3 is 2.70 bits per heavy atom. The van der Waals surface area contributed by atoms with Crippen LogP contribution >= 0.6 is 0 Å². The molecule has 27 heavy (non-hydrogen) atoms. The van der Waals surface area contributed by atoms with Crippen molar-refractivity contribution in [3.8, 4) is 0 Å². The van der Waals surface area contributed by atoms with Crippen molar-refractivity contribution in [2.24, 2.45) is 5.73 Å². The van der Waals surface area contributed by atoms with E-state index in [4.69, 9.17) is 5.73 Å². The second-order valence-corrected chi connectivity index (χ2v) is 7.50. The molecule has 4 rings (SSSR count). The molecule has 1 aliphatic carbocycles. The van der Waals surface area contributed by atoms with Crippen LogP contribution in [0.3, 0.4) is 0 Å². The van der Waals surface area contributed by atoms with Gasteiger partial charge in [-0.25, -0.2) is 9.18 Å². The average Bonchev–Trinajstić information content (AvgIpc) is 3.38. The third kappa shape index (κ3) is 2.80. The summed E-state index contributed by atoms with van der Waals surface area (Å²) < 4.78 is 16.2. The molecule has 2 aromatic rings. The number of β-amino-alcohol motifs (C(OH)–C–C–N with tert-alkyl or cyclic N) is 1. The predicted molar refractivity (Wildman–Crippen MR) is 98.1 cm³/mol. The number of hydrogen-bond donors (Lipinski definition) is 3. The van der Waals surface area contributed by atoms with Crippen LogP contribution in [0, 0.1) is 12.7 Å². The van der Waals surface area contributed by atoms with Crippen LogP contribution in [-0.2, 0) is 0 Å². The Balaban J connectivity index is 2.01. The molecule has 0 spiro atoms. The van der Waals surface area contributed by atoms with Crippen molar-refractivity contribution >= 4 is 17.2 Å². The molecule has 0 unspecified atom stereocenters. The molecule has 2 fully saturated rings. The summed E-state index contributed by atoms with van der Waals surface area (Å²) in [6, 6.07) is 1.25. The number of aliphatic hydroxyl groups is 1. The van der Waals surface area contributed by atoms with Crippen LogP contribution in [0.15, 0.2) is 17.1 Å². The fourth-order valence-electron chi connectivity index (χ4n) is 4.24. The maximum atomic E-state index is 15.1. The highest BCUT2D eigenvalue weighted by Gasteiger charge is 2.35. The number of carboxylic acids is 1. The van der Waals surface area contributed by atoms with Gasteiger partial charge in [-0.2, -0.15) is 0 Å². The number of pyridine rings is 2. The van der Waals surface area contributed by atoms with Crippen LogP contribution in [0.5, 0.6) is 0 Å². The van der Waals surface area contributed by atoms with Crippen LogP contribution in [0.25, 0.3) is 5.52 Å². The van der Waals surface area contributed by atoms with E-state index < -0.39 is 23.4 Å². The molecule has 2 aromatic heterocycles. The number of nitrogens with zero attached hydrogens (tertiary/aromatic N) is 2. The summed E-state index contributed by atoms with van der Waals surface area (Å²) in [5.74, 6) is -1.77. The van der Waals surface area contributed by atoms with Crippen LogP contribution in [0.1, 0.15) is 46.7 Å². The van der Waals surface area contributed by atoms with Gasteiger partial charge in [0.25, 0.3) is 5.56 Å². The molecule has 0 aromatic carbocycles. The van der Waals surface area contributed by atoms with E-state index in [9.17, 15) is 19.8 Å². The number of aromatic carboxylic acids is 1. The normalized spacial score (nSPS) is 22.6. The Bertz CT molecular complexity index is 999. The second-order valence-electron chi connectivity index (χ2n) is 7.50. The van der Waals surface area contributed by atoms with Crippen molar-refractivity contribution in [1.82, 2.24) is 4.40 Å². The Hall–Kier alpha value is -2.45. The van der Waals surface area contributed by atoms with Gasteiger partial charge in [0.15, 0.2) is 5.82 Å². The number of nitrogens with two attached hydrogens (primary N) is 1. The van der Waals surface area contributed by atoms with Gasteiger partial charge in [0.05, 0.1) is 23.5 Å². The number of carboxylic acid groups (broad SMARTS) is 1. The Kier molecular flexibility index (Phi) is 4.20. The molecule has 2 aliphatic rings. The summed E-state index contributed by atoms with van der Waals surface area (Å²) in [6.07, 6.45) is 2.75. The van der Waals surface area contributed by atoms with E-state index in [1.54, 1.807) is 11.8 Å². The fraction of sp³-hybridized carbons (Fsp3) is 0.474. The first-order valence-corrected chi connectivity index (χ1v) is 9.09. The molecule has 1 aliphatic heterocycles. The zero-order valence-electron chi connectivity index (χ0n) is 15.0. The van der Waals surface area contributed by atoms with E-state index in [0.29, 0.717) is 23.2 Å². The lowest BCUT2D eigenvalue weighted by molar-refractivity contribution is 0.0694. The van der Waals surface area contributed by atoms with Crippen molar-refractivity contribution in [3.05, 3.63) is 45.1 Å². The fourth-order valence-corrected chi connectivity index (χ4v) is 4.24. The third-order valence-corrected chi connectivity index (χ3v) is 5.64. The molecular weight excluding hydrogens is 353 g/mol. The summed E-state index contributed by atoms with van der Waals surface area (Å²) in [5, 5.41) is 19.4. The summed E-state index contributed by atoms with van der Waals surface area (Å²) in [5.41, 5.74) is 6.92. The molecule has 1 saturated heterocycles. The summed E-state index contributed by atoms with van der Waals surface area (Å²) in [6.45, 7) is 2.28. The maximum Gasteiger partial charge on any atom is 0.341 e. The molecule has 7 nitrogen and oxygen atoms in total. The number of carbonyl (C=O) groups is 1. The van der Waals surface area contributed by atoms with Crippen molar-refractivity contribution < 1.29 is 19.4 Å². The standard InChI is InChI=1S/C19H22FN3O4/c1-9-16-13(10-2-3-10)5-14(19(26)27)18(25)23(16)8-15(20)17(9)22-7-12(24)4-11(22)6-21/h5,8,10-12,24H,2-4,6-7,21H2,1H3,(H,26,27)/t11-,12-/m1/s1. The molecule has 4 N–H and O–H groups in total. The molecule has 2 atom stereocenters. The molecule has 0 bridgehead atoms. The van der Waals surface area contributed by atoms with Gasteiger partial charge in [-0.05, 0) is 49.3 Å². The highest BCUT2D eigenvalue weighted by Crippen LogP contribution is 2.44. The van der Waals surface area contributed by atoms with Crippen LogP contribution in [0.4, 0.5) is 10.1 Å². The van der Waals surface area contributed by atoms with E-state index in [0.717, 1.165) is 29.0 Å². The minimum absolute atomic E-state index is 0.171.